The first kappa shape index (κ1) is 21.4. The first-order chi connectivity index (χ1) is 12.7. The topological polar surface area (TPSA) is 58.6 Å². The first-order valence-corrected chi connectivity index (χ1v) is 10.1. The summed E-state index contributed by atoms with van der Waals surface area (Å²) in [5.41, 5.74) is 0. The van der Waals surface area contributed by atoms with E-state index in [2.05, 4.69) is 29.0 Å². The summed E-state index contributed by atoms with van der Waals surface area (Å²) < 4.78 is 16.2. The molecule has 2 atom stereocenters. The van der Waals surface area contributed by atoms with Gasteiger partial charge in [0.05, 0.1) is 33.0 Å². The third-order valence-electron chi connectivity index (χ3n) is 4.93. The number of rotatable bonds is 10. The number of hydrogen-bond donors (Lipinski definition) is 1. The number of morpholine rings is 1. The Kier molecular flexibility index (Phi) is 10.3. The van der Waals surface area contributed by atoms with Gasteiger partial charge in [-0.05, 0) is 19.3 Å². The number of methoxy groups -OCH3 is 1. The van der Waals surface area contributed by atoms with Gasteiger partial charge in [0.15, 0.2) is 5.96 Å². The van der Waals surface area contributed by atoms with E-state index in [4.69, 9.17) is 19.2 Å². The molecule has 2 aliphatic heterocycles. The van der Waals surface area contributed by atoms with Crippen molar-refractivity contribution in [3.05, 3.63) is 0 Å². The Hall–Kier alpha value is -0.890. The molecule has 7 nitrogen and oxygen atoms in total. The third-order valence-corrected chi connectivity index (χ3v) is 4.93. The van der Waals surface area contributed by atoms with E-state index < -0.39 is 0 Å². The molecule has 0 radical (unpaired) electrons. The van der Waals surface area contributed by atoms with Gasteiger partial charge >= 0.3 is 0 Å². The molecule has 0 aromatic carbocycles. The number of nitrogens with zero attached hydrogens (tertiary/aromatic N) is 3. The zero-order chi connectivity index (χ0) is 18.6. The molecule has 2 saturated heterocycles. The summed E-state index contributed by atoms with van der Waals surface area (Å²) in [6.07, 6.45) is 1.17. The summed E-state index contributed by atoms with van der Waals surface area (Å²) in [4.78, 5) is 9.79. The maximum absolute atomic E-state index is 5.70. The summed E-state index contributed by atoms with van der Waals surface area (Å²) in [5.74, 6) is 2.19. The van der Waals surface area contributed by atoms with Gasteiger partial charge in [-0.25, -0.2) is 0 Å². The molecule has 0 spiro atoms. The second-order valence-electron chi connectivity index (χ2n) is 7.38. The molecule has 7 heteroatoms. The van der Waals surface area contributed by atoms with Crippen LogP contribution in [0.4, 0.5) is 0 Å². The molecule has 2 aliphatic rings. The second-order valence-corrected chi connectivity index (χ2v) is 7.38. The van der Waals surface area contributed by atoms with Crippen LogP contribution < -0.4 is 5.32 Å². The van der Waals surface area contributed by atoms with Gasteiger partial charge in [-0.2, -0.15) is 0 Å². The Morgan fingerprint density at radius 1 is 1.27 bits per heavy atom. The van der Waals surface area contributed by atoms with Crippen molar-refractivity contribution in [3.8, 4) is 0 Å². The normalized spacial score (nSPS) is 23.4. The highest BCUT2D eigenvalue weighted by Crippen LogP contribution is 2.17. The average molecular weight is 371 g/mol. The van der Waals surface area contributed by atoms with Crippen LogP contribution in [-0.4, -0.2) is 102 Å². The SMILES string of the molecule is CCNC(=NCC(C)CN1CCOCC1)N1CCC(COCCOC)C1. The monoisotopic (exact) mass is 370 g/mol. The van der Waals surface area contributed by atoms with E-state index in [1.807, 2.05) is 0 Å². The lowest BCUT2D eigenvalue weighted by atomic mass is 10.1. The van der Waals surface area contributed by atoms with Crippen LogP contribution in [0.5, 0.6) is 0 Å². The molecule has 0 aliphatic carbocycles. The van der Waals surface area contributed by atoms with Crippen LogP contribution >= 0.6 is 0 Å². The van der Waals surface area contributed by atoms with Crippen LogP contribution in [0, 0.1) is 11.8 Å². The lowest BCUT2D eigenvalue weighted by Gasteiger charge is -2.29. The van der Waals surface area contributed by atoms with Crippen molar-refractivity contribution >= 4 is 5.96 Å². The van der Waals surface area contributed by atoms with E-state index in [0.717, 1.165) is 71.6 Å². The van der Waals surface area contributed by atoms with Gasteiger partial charge in [-0.15, -0.1) is 0 Å². The maximum atomic E-state index is 5.70. The van der Waals surface area contributed by atoms with Gasteiger partial charge in [0.25, 0.3) is 0 Å². The Bertz CT molecular complexity index is 402. The van der Waals surface area contributed by atoms with E-state index in [0.29, 0.717) is 25.0 Å². The molecule has 0 aromatic heterocycles. The van der Waals surface area contributed by atoms with E-state index >= 15 is 0 Å². The smallest absolute Gasteiger partial charge is 0.193 e. The minimum absolute atomic E-state index is 0.553. The average Bonchev–Trinajstić information content (AvgIpc) is 3.12. The lowest BCUT2D eigenvalue weighted by molar-refractivity contribution is 0.0323. The molecule has 0 amide bonds. The minimum Gasteiger partial charge on any atom is -0.382 e. The summed E-state index contributed by atoms with van der Waals surface area (Å²) in [6, 6.07) is 0. The van der Waals surface area contributed by atoms with Gasteiger partial charge < -0.3 is 24.4 Å². The quantitative estimate of drug-likeness (QED) is 0.350. The molecule has 152 valence electrons. The number of ether oxygens (including phenoxy) is 3. The van der Waals surface area contributed by atoms with Gasteiger partial charge in [-0.3, -0.25) is 9.89 Å². The highest BCUT2D eigenvalue weighted by atomic mass is 16.5. The third kappa shape index (κ3) is 7.78. The molecule has 2 unspecified atom stereocenters. The fourth-order valence-corrected chi connectivity index (χ4v) is 3.50. The van der Waals surface area contributed by atoms with Crippen molar-refractivity contribution < 1.29 is 14.2 Å². The summed E-state index contributed by atoms with van der Waals surface area (Å²) in [5, 5.41) is 3.46. The number of guanidine groups is 1. The van der Waals surface area contributed by atoms with Crippen molar-refractivity contribution in [3.63, 3.8) is 0 Å². The van der Waals surface area contributed by atoms with Crippen LogP contribution in [0.3, 0.4) is 0 Å². The van der Waals surface area contributed by atoms with Crippen molar-refractivity contribution in [1.29, 1.82) is 0 Å². The molecule has 1 N–H and O–H groups in total. The Morgan fingerprint density at radius 3 is 2.81 bits per heavy atom. The van der Waals surface area contributed by atoms with Crippen LogP contribution in [0.2, 0.25) is 0 Å². The number of likely N-dealkylation sites (tertiary alicyclic amines) is 1. The Balaban J connectivity index is 1.74. The predicted molar refractivity (Wildman–Crippen MR) is 105 cm³/mol. The molecule has 0 bridgehead atoms. The van der Waals surface area contributed by atoms with Crippen molar-refractivity contribution in [2.75, 3.05) is 86.0 Å². The van der Waals surface area contributed by atoms with E-state index in [1.165, 1.54) is 6.42 Å². The van der Waals surface area contributed by atoms with Crippen LogP contribution in [0.15, 0.2) is 4.99 Å². The maximum Gasteiger partial charge on any atom is 0.193 e. The zero-order valence-corrected chi connectivity index (χ0v) is 16.9. The summed E-state index contributed by atoms with van der Waals surface area (Å²) >= 11 is 0. The molecule has 2 rings (SSSR count). The molecular formula is C19H38N4O3. The highest BCUT2D eigenvalue weighted by Gasteiger charge is 2.25. The standard InChI is InChI=1S/C19H38N4O3/c1-4-20-19(21-13-17(2)14-22-7-9-25-10-8-22)23-6-5-18(15-23)16-26-12-11-24-3/h17-18H,4-16H2,1-3H3,(H,20,21). The predicted octanol–water partition coefficient (Wildman–Crippen LogP) is 0.905. The van der Waals surface area contributed by atoms with E-state index in [-0.39, 0.29) is 0 Å². The number of nitrogens with one attached hydrogen (secondary N) is 1. The highest BCUT2D eigenvalue weighted by molar-refractivity contribution is 5.80. The number of aliphatic imine (C=N–C) groups is 1. The fraction of sp³-hybridized carbons (Fsp3) is 0.947. The molecule has 0 aromatic rings. The van der Waals surface area contributed by atoms with E-state index in [1.54, 1.807) is 7.11 Å². The zero-order valence-electron chi connectivity index (χ0n) is 16.9. The van der Waals surface area contributed by atoms with E-state index in [9.17, 15) is 0 Å². The van der Waals surface area contributed by atoms with Crippen LogP contribution in [-0.2, 0) is 14.2 Å². The van der Waals surface area contributed by atoms with Crippen molar-refractivity contribution in [2.45, 2.75) is 20.3 Å². The Labute approximate surface area is 159 Å². The van der Waals surface area contributed by atoms with Gasteiger partial charge in [0, 0.05) is 58.8 Å². The van der Waals surface area contributed by atoms with Crippen molar-refractivity contribution in [1.82, 2.24) is 15.1 Å². The molecule has 26 heavy (non-hydrogen) atoms. The number of hydrogen-bond acceptors (Lipinski definition) is 5. The summed E-state index contributed by atoms with van der Waals surface area (Å²) in [7, 11) is 1.71. The van der Waals surface area contributed by atoms with Crippen molar-refractivity contribution in [2.24, 2.45) is 16.8 Å². The summed E-state index contributed by atoms with van der Waals surface area (Å²) in [6.45, 7) is 15.4. The molecule has 2 fully saturated rings. The minimum atomic E-state index is 0.553. The fourth-order valence-electron chi connectivity index (χ4n) is 3.50. The van der Waals surface area contributed by atoms with Gasteiger partial charge in [-0.1, -0.05) is 6.92 Å². The second kappa shape index (κ2) is 12.5. The molecule has 0 saturated carbocycles. The Morgan fingerprint density at radius 2 is 2.08 bits per heavy atom. The van der Waals surface area contributed by atoms with Crippen LogP contribution in [0.25, 0.3) is 0 Å². The lowest BCUT2D eigenvalue weighted by Crippen LogP contribution is -2.41. The molecule has 2 heterocycles. The first-order valence-electron chi connectivity index (χ1n) is 10.1. The van der Waals surface area contributed by atoms with Gasteiger partial charge in [0.1, 0.15) is 0 Å². The van der Waals surface area contributed by atoms with Gasteiger partial charge in [0.2, 0.25) is 0 Å². The largest absolute Gasteiger partial charge is 0.382 e. The molecular weight excluding hydrogens is 332 g/mol. The van der Waals surface area contributed by atoms with Crippen LogP contribution in [0.1, 0.15) is 20.3 Å².